The molecule has 2 nitrogen and oxygen atoms in total. The normalized spacial score (nSPS) is 12.5. The average Bonchev–Trinajstić information content (AvgIpc) is 2.66. The number of carbonyl (C=O) groups is 1. The molecule has 1 atom stereocenters. The van der Waals surface area contributed by atoms with Crippen LogP contribution in [0.2, 0.25) is 0 Å². The third-order valence-electron chi connectivity index (χ3n) is 5.85. The van der Waals surface area contributed by atoms with E-state index in [9.17, 15) is 4.79 Å². The van der Waals surface area contributed by atoms with Gasteiger partial charge in [-0.15, -0.1) is 0 Å². The Hall–Kier alpha value is -0.530. The minimum Gasteiger partial charge on any atom is -0.465 e. The smallest absolute Gasteiger partial charge is 0.308 e. The van der Waals surface area contributed by atoms with E-state index in [1.165, 1.54) is 77.0 Å². The van der Waals surface area contributed by atoms with Crippen molar-refractivity contribution in [3.05, 3.63) is 0 Å². The number of unbranched alkanes of at least 4 members (excludes halogenated alkanes) is 11. The molecule has 0 aromatic heterocycles. The van der Waals surface area contributed by atoms with E-state index >= 15 is 0 Å². The second-order valence-electron chi connectivity index (χ2n) is 8.10. The molecular formula is C24H48O2. The molecular weight excluding hydrogens is 320 g/mol. The van der Waals surface area contributed by atoms with E-state index in [0.717, 1.165) is 25.7 Å². The lowest BCUT2D eigenvalue weighted by Gasteiger charge is -2.17. The van der Waals surface area contributed by atoms with Crippen molar-refractivity contribution in [2.75, 3.05) is 6.61 Å². The third kappa shape index (κ3) is 14.6. The predicted octanol–water partition coefficient (Wildman–Crippen LogP) is 8.08. The molecule has 156 valence electrons. The number of hydrogen-bond acceptors (Lipinski definition) is 2. The van der Waals surface area contributed by atoms with Gasteiger partial charge in [0.2, 0.25) is 0 Å². The fourth-order valence-corrected chi connectivity index (χ4v) is 3.56. The predicted molar refractivity (Wildman–Crippen MR) is 115 cm³/mol. The van der Waals surface area contributed by atoms with E-state index in [2.05, 4.69) is 27.7 Å². The highest BCUT2D eigenvalue weighted by molar-refractivity contribution is 5.72. The van der Waals surface area contributed by atoms with Crippen molar-refractivity contribution >= 4 is 5.97 Å². The van der Waals surface area contributed by atoms with Gasteiger partial charge in [0, 0.05) is 0 Å². The summed E-state index contributed by atoms with van der Waals surface area (Å²) in [5.41, 5.74) is 0. The zero-order chi connectivity index (χ0) is 19.5. The molecule has 0 amide bonds. The summed E-state index contributed by atoms with van der Waals surface area (Å²) in [6, 6.07) is 0. The van der Waals surface area contributed by atoms with Crippen LogP contribution in [0.4, 0.5) is 0 Å². The van der Waals surface area contributed by atoms with Gasteiger partial charge >= 0.3 is 5.97 Å². The van der Waals surface area contributed by atoms with Crippen molar-refractivity contribution in [3.8, 4) is 0 Å². The first-order chi connectivity index (χ1) is 12.7. The van der Waals surface area contributed by atoms with Gasteiger partial charge in [-0.3, -0.25) is 4.79 Å². The molecule has 0 aromatic carbocycles. The van der Waals surface area contributed by atoms with Crippen molar-refractivity contribution in [1.29, 1.82) is 0 Å². The number of rotatable bonds is 19. The Labute approximate surface area is 164 Å². The molecule has 0 bridgehead atoms. The van der Waals surface area contributed by atoms with Crippen LogP contribution in [0.3, 0.4) is 0 Å². The molecule has 0 aliphatic carbocycles. The highest BCUT2D eigenvalue weighted by atomic mass is 16.5. The fraction of sp³-hybridized carbons (Fsp3) is 0.958. The summed E-state index contributed by atoms with van der Waals surface area (Å²) in [6.07, 6.45) is 20.5. The van der Waals surface area contributed by atoms with E-state index in [1.807, 2.05) is 0 Å². The first-order valence-corrected chi connectivity index (χ1v) is 11.9. The number of carbonyl (C=O) groups excluding carboxylic acids is 1. The first-order valence-electron chi connectivity index (χ1n) is 11.9. The van der Waals surface area contributed by atoms with Crippen LogP contribution < -0.4 is 0 Å². The molecule has 1 unspecified atom stereocenters. The second kappa shape index (κ2) is 19.2. The summed E-state index contributed by atoms with van der Waals surface area (Å²) >= 11 is 0. The van der Waals surface area contributed by atoms with Gasteiger partial charge in [0.1, 0.15) is 0 Å². The van der Waals surface area contributed by atoms with Crippen molar-refractivity contribution in [2.24, 2.45) is 11.8 Å². The van der Waals surface area contributed by atoms with Crippen LogP contribution in [0, 0.1) is 11.8 Å². The van der Waals surface area contributed by atoms with Gasteiger partial charge in [-0.2, -0.15) is 0 Å². The molecule has 26 heavy (non-hydrogen) atoms. The summed E-state index contributed by atoms with van der Waals surface area (Å²) in [4.78, 5) is 12.2. The van der Waals surface area contributed by atoms with E-state index in [0.29, 0.717) is 12.5 Å². The topological polar surface area (TPSA) is 26.3 Å². The molecule has 0 N–H and O–H groups in total. The summed E-state index contributed by atoms with van der Waals surface area (Å²) < 4.78 is 5.56. The van der Waals surface area contributed by atoms with Crippen LogP contribution in [-0.4, -0.2) is 12.6 Å². The second-order valence-corrected chi connectivity index (χ2v) is 8.10. The first kappa shape index (κ1) is 25.5. The monoisotopic (exact) mass is 368 g/mol. The molecule has 0 fully saturated rings. The van der Waals surface area contributed by atoms with E-state index < -0.39 is 0 Å². The highest BCUT2D eigenvalue weighted by Gasteiger charge is 2.18. The molecule has 0 saturated carbocycles. The molecule has 0 heterocycles. The quantitative estimate of drug-likeness (QED) is 0.170. The Morgan fingerprint density at radius 2 is 1.12 bits per heavy atom. The van der Waals surface area contributed by atoms with E-state index in [-0.39, 0.29) is 11.9 Å². The Morgan fingerprint density at radius 3 is 1.54 bits per heavy atom. The minimum atomic E-state index is 0.0440. The largest absolute Gasteiger partial charge is 0.465 e. The summed E-state index contributed by atoms with van der Waals surface area (Å²) in [6.45, 7) is 9.35. The molecule has 0 saturated heterocycles. The van der Waals surface area contributed by atoms with Crippen LogP contribution >= 0.6 is 0 Å². The Bertz CT molecular complexity index is 297. The molecule has 0 radical (unpaired) electrons. The minimum absolute atomic E-state index is 0.0440. The van der Waals surface area contributed by atoms with Crippen molar-refractivity contribution < 1.29 is 9.53 Å². The Morgan fingerprint density at radius 1 is 0.654 bits per heavy atom. The SMILES string of the molecule is CCCCCCCCCCCCCCC(CC)C(=O)OCC(CC)CC. The van der Waals surface area contributed by atoms with Crippen LogP contribution in [0.5, 0.6) is 0 Å². The van der Waals surface area contributed by atoms with Gasteiger partial charge in [-0.25, -0.2) is 0 Å². The summed E-state index contributed by atoms with van der Waals surface area (Å²) in [5.74, 6) is 0.693. The standard InChI is InChI=1S/C24H48O2/c1-5-9-10-11-12-13-14-15-16-17-18-19-20-23(8-4)24(25)26-21-22(6-2)7-3/h22-23H,5-21H2,1-4H3. The van der Waals surface area contributed by atoms with E-state index in [1.54, 1.807) is 0 Å². The van der Waals surface area contributed by atoms with Gasteiger partial charge in [0.15, 0.2) is 0 Å². The third-order valence-corrected chi connectivity index (χ3v) is 5.85. The fourth-order valence-electron chi connectivity index (χ4n) is 3.56. The molecule has 2 heteroatoms. The molecule has 0 rings (SSSR count). The van der Waals surface area contributed by atoms with Gasteiger partial charge in [-0.1, -0.05) is 118 Å². The Balaban J connectivity index is 3.55. The zero-order valence-electron chi connectivity index (χ0n) is 18.5. The molecule has 0 aromatic rings. The van der Waals surface area contributed by atoms with Crippen LogP contribution in [0.25, 0.3) is 0 Å². The molecule has 0 aliphatic heterocycles. The molecule has 0 aliphatic rings. The maximum Gasteiger partial charge on any atom is 0.308 e. The van der Waals surface area contributed by atoms with Gasteiger partial charge < -0.3 is 4.74 Å². The Kier molecular flexibility index (Phi) is 18.8. The van der Waals surface area contributed by atoms with Crippen molar-refractivity contribution in [1.82, 2.24) is 0 Å². The lowest BCUT2D eigenvalue weighted by molar-refractivity contribution is -0.150. The number of hydrogen-bond donors (Lipinski definition) is 0. The summed E-state index contributed by atoms with van der Waals surface area (Å²) in [5, 5.41) is 0. The maximum absolute atomic E-state index is 12.2. The van der Waals surface area contributed by atoms with Crippen molar-refractivity contribution in [3.63, 3.8) is 0 Å². The molecule has 0 spiro atoms. The van der Waals surface area contributed by atoms with Crippen LogP contribution in [0.1, 0.15) is 130 Å². The van der Waals surface area contributed by atoms with Crippen molar-refractivity contribution in [2.45, 2.75) is 130 Å². The van der Waals surface area contributed by atoms with Gasteiger partial charge in [-0.05, 0) is 18.8 Å². The van der Waals surface area contributed by atoms with Gasteiger partial charge in [0.05, 0.1) is 12.5 Å². The maximum atomic E-state index is 12.2. The van der Waals surface area contributed by atoms with Gasteiger partial charge in [0.25, 0.3) is 0 Å². The van der Waals surface area contributed by atoms with Crippen LogP contribution in [-0.2, 0) is 9.53 Å². The number of esters is 1. The lowest BCUT2D eigenvalue weighted by atomic mass is 9.97. The average molecular weight is 369 g/mol. The zero-order valence-corrected chi connectivity index (χ0v) is 18.5. The number of ether oxygens (including phenoxy) is 1. The summed E-state index contributed by atoms with van der Waals surface area (Å²) in [7, 11) is 0. The van der Waals surface area contributed by atoms with E-state index in [4.69, 9.17) is 4.74 Å². The highest BCUT2D eigenvalue weighted by Crippen LogP contribution is 2.18. The van der Waals surface area contributed by atoms with Crippen LogP contribution in [0.15, 0.2) is 0 Å². The lowest BCUT2D eigenvalue weighted by Crippen LogP contribution is -2.20.